The third kappa shape index (κ3) is 2.14. The normalized spacial score (nSPS) is 28.5. The number of allylic oxidation sites excluding steroid dienone is 1. The van der Waals surface area contributed by atoms with E-state index in [9.17, 15) is 0 Å². The van der Waals surface area contributed by atoms with Crippen molar-refractivity contribution in [3.63, 3.8) is 0 Å². The maximum atomic E-state index is 5.93. The highest BCUT2D eigenvalue weighted by Gasteiger charge is 2.50. The Labute approximate surface area is 93.2 Å². The van der Waals surface area contributed by atoms with E-state index in [2.05, 4.69) is 33.7 Å². The van der Waals surface area contributed by atoms with Crippen LogP contribution in [-0.4, -0.2) is 18.3 Å². The van der Waals surface area contributed by atoms with E-state index in [1.807, 2.05) is 0 Å². The minimum absolute atomic E-state index is 0.136. The van der Waals surface area contributed by atoms with Crippen LogP contribution in [0.25, 0.3) is 0 Å². The molecule has 1 aliphatic heterocycles. The smallest absolute Gasteiger partial charge is 0.400 e. The highest BCUT2D eigenvalue weighted by Crippen LogP contribution is 2.38. The second-order valence-electron chi connectivity index (χ2n) is 5.66. The molecule has 1 saturated carbocycles. The first-order valence-electron chi connectivity index (χ1n) is 5.96. The summed E-state index contributed by atoms with van der Waals surface area (Å²) in [6.45, 7) is 8.39. The van der Waals surface area contributed by atoms with Crippen molar-refractivity contribution in [3.05, 3.63) is 11.5 Å². The van der Waals surface area contributed by atoms with Crippen LogP contribution in [0.15, 0.2) is 11.5 Å². The molecule has 0 atom stereocenters. The van der Waals surface area contributed by atoms with E-state index in [0.717, 1.165) is 0 Å². The molecule has 0 aromatic heterocycles. The van der Waals surface area contributed by atoms with E-state index in [1.54, 1.807) is 0 Å². The van der Waals surface area contributed by atoms with E-state index in [1.165, 1.54) is 31.3 Å². The number of hydrogen-bond donors (Lipinski definition) is 0. The standard InChI is InChI=1S/C12H21BO2/c1-11(2)12(3,4)15-13(14-11)9-10-7-5-6-8-10/h9H,5-8H2,1-4H3. The van der Waals surface area contributed by atoms with Gasteiger partial charge < -0.3 is 9.31 Å². The topological polar surface area (TPSA) is 18.5 Å². The van der Waals surface area contributed by atoms with E-state index in [4.69, 9.17) is 9.31 Å². The lowest BCUT2D eigenvalue weighted by molar-refractivity contribution is 0.00578. The van der Waals surface area contributed by atoms with Gasteiger partial charge in [-0.05, 0) is 53.4 Å². The van der Waals surface area contributed by atoms with Crippen molar-refractivity contribution in [2.75, 3.05) is 0 Å². The summed E-state index contributed by atoms with van der Waals surface area (Å²) in [5, 5.41) is 0. The fraction of sp³-hybridized carbons (Fsp3) is 0.833. The SMILES string of the molecule is CC1(C)OB(C=C2CCCC2)OC1(C)C. The summed E-state index contributed by atoms with van der Waals surface area (Å²) in [7, 11) is -0.136. The van der Waals surface area contributed by atoms with Crippen molar-refractivity contribution >= 4 is 7.12 Å². The molecule has 0 unspecified atom stereocenters. The van der Waals surface area contributed by atoms with Crippen LogP contribution in [0.4, 0.5) is 0 Å². The van der Waals surface area contributed by atoms with Crippen molar-refractivity contribution in [2.45, 2.75) is 64.6 Å². The average Bonchev–Trinajstić information content (AvgIpc) is 2.59. The molecule has 84 valence electrons. The van der Waals surface area contributed by atoms with E-state index in [-0.39, 0.29) is 18.3 Å². The van der Waals surface area contributed by atoms with Crippen LogP contribution in [0.1, 0.15) is 53.4 Å². The van der Waals surface area contributed by atoms with Gasteiger partial charge in [-0.2, -0.15) is 0 Å². The average molecular weight is 208 g/mol. The molecule has 0 radical (unpaired) electrons. The molecule has 3 heteroatoms. The molecule has 0 aromatic rings. The first kappa shape index (κ1) is 11.2. The summed E-state index contributed by atoms with van der Waals surface area (Å²) in [6, 6.07) is 0. The molecule has 15 heavy (non-hydrogen) atoms. The summed E-state index contributed by atoms with van der Waals surface area (Å²) in [4.78, 5) is 0. The first-order valence-corrected chi connectivity index (χ1v) is 5.96. The summed E-state index contributed by atoms with van der Waals surface area (Å²) >= 11 is 0. The molecule has 2 fully saturated rings. The Morgan fingerprint density at radius 2 is 1.47 bits per heavy atom. The van der Waals surface area contributed by atoms with Crippen LogP contribution in [0, 0.1) is 0 Å². The third-order valence-corrected chi connectivity index (χ3v) is 3.89. The van der Waals surface area contributed by atoms with Crippen molar-refractivity contribution in [1.82, 2.24) is 0 Å². The Morgan fingerprint density at radius 1 is 1.00 bits per heavy atom. The van der Waals surface area contributed by atoms with Gasteiger partial charge in [0.25, 0.3) is 0 Å². The van der Waals surface area contributed by atoms with Gasteiger partial charge in [0.15, 0.2) is 0 Å². The Morgan fingerprint density at radius 3 is 1.93 bits per heavy atom. The van der Waals surface area contributed by atoms with Gasteiger partial charge in [-0.15, -0.1) is 0 Å². The predicted octanol–water partition coefficient (Wildman–Crippen LogP) is 3.12. The predicted molar refractivity (Wildman–Crippen MR) is 62.6 cm³/mol. The molecular weight excluding hydrogens is 187 g/mol. The van der Waals surface area contributed by atoms with E-state index in [0.29, 0.717) is 0 Å². The molecule has 2 aliphatic rings. The second kappa shape index (κ2) is 3.64. The number of rotatable bonds is 1. The lowest BCUT2D eigenvalue weighted by atomic mass is 9.86. The maximum Gasteiger partial charge on any atom is 0.487 e. The van der Waals surface area contributed by atoms with Gasteiger partial charge in [0.1, 0.15) is 0 Å². The van der Waals surface area contributed by atoms with Crippen LogP contribution in [0.5, 0.6) is 0 Å². The summed E-state index contributed by atoms with van der Waals surface area (Å²) in [5.74, 6) is 2.18. The van der Waals surface area contributed by atoms with Gasteiger partial charge in [0, 0.05) is 0 Å². The lowest BCUT2D eigenvalue weighted by Gasteiger charge is -2.32. The van der Waals surface area contributed by atoms with Crippen LogP contribution in [0.2, 0.25) is 0 Å². The zero-order valence-electron chi connectivity index (χ0n) is 10.3. The van der Waals surface area contributed by atoms with Crippen molar-refractivity contribution < 1.29 is 9.31 Å². The third-order valence-electron chi connectivity index (χ3n) is 3.89. The van der Waals surface area contributed by atoms with Gasteiger partial charge in [-0.3, -0.25) is 0 Å². The first-order chi connectivity index (χ1) is 6.91. The fourth-order valence-corrected chi connectivity index (χ4v) is 2.14. The Hall–Kier alpha value is -0.275. The Bertz CT molecular complexity index is 257. The monoisotopic (exact) mass is 208 g/mol. The van der Waals surface area contributed by atoms with Crippen LogP contribution >= 0.6 is 0 Å². The zero-order valence-corrected chi connectivity index (χ0v) is 10.3. The van der Waals surface area contributed by atoms with Gasteiger partial charge in [0.05, 0.1) is 11.2 Å². The Balaban J connectivity index is 2.06. The second-order valence-corrected chi connectivity index (χ2v) is 5.66. The van der Waals surface area contributed by atoms with Gasteiger partial charge >= 0.3 is 7.12 Å². The van der Waals surface area contributed by atoms with Crippen LogP contribution < -0.4 is 0 Å². The molecule has 1 saturated heterocycles. The Kier molecular flexibility index (Phi) is 2.72. The van der Waals surface area contributed by atoms with E-state index >= 15 is 0 Å². The van der Waals surface area contributed by atoms with Crippen molar-refractivity contribution in [3.8, 4) is 0 Å². The molecule has 0 aromatic carbocycles. The molecule has 1 heterocycles. The largest absolute Gasteiger partial charge is 0.487 e. The number of hydrogen-bond acceptors (Lipinski definition) is 2. The molecule has 2 nitrogen and oxygen atoms in total. The van der Waals surface area contributed by atoms with Crippen LogP contribution in [0.3, 0.4) is 0 Å². The molecular formula is C12H21BO2. The molecule has 0 N–H and O–H groups in total. The van der Waals surface area contributed by atoms with Gasteiger partial charge in [0.2, 0.25) is 0 Å². The quantitative estimate of drug-likeness (QED) is 0.616. The van der Waals surface area contributed by atoms with Gasteiger partial charge in [-0.1, -0.05) is 11.5 Å². The van der Waals surface area contributed by atoms with Crippen molar-refractivity contribution in [1.29, 1.82) is 0 Å². The minimum Gasteiger partial charge on any atom is -0.400 e. The zero-order chi connectivity index (χ0) is 11.1. The highest BCUT2D eigenvalue weighted by atomic mass is 16.7. The highest BCUT2D eigenvalue weighted by molar-refractivity contribution is 6.51. The maximum absolute atomic E-state index is 5.93. The molecule has 1 aliphatic carbocycles. The van der Waals surface area contributed by atoms with E-state index < -0.39 is 0 Å². The minimum atomic E-state index is -0.201. The van der Waals surface area contributed by atoms with Gasteiger partial charge in [-0.25, -0.2) is 0 Å². The summed E-state index contributed by atoms with van der Waals surface area (Å²) in [5.41, 5.74) is 1.11. The molecule has 2 rings (SSSR count). The molecule has 0 spiro atoms. The lowest BCUT2D eigenvalue weighted by Crippen LogP contribution is -2.41. The van der Waals surface area contributed by atoms with Crippen LogP contribution in [-0.2, 0) is 9.31 Å². The van der Waals surface area contributed by atoms with Crippen molar-refractivity contribution in [2.24, 2.45) is 0 Å². The summed E-state index contributed by atoms with van der Waals surface area (Å²) < 4.78 is 11.9. The molecule has 0 bridgehead atoms. The fourth-order valence-electron chi connectivity index (χ4n) is 2.14. The summed E-state index contributed by atoms with van der Waals surface area (Å²) in [6.07, 6.45) is 5.10. The molecule has 0 amide bonds.